The van der Waals surface area contributed by atoms with Gasteiger partial charge < -0.3 is 4.74 Å². The number of carbonyl (C=O) groups is 1. The van der Waals surface area contributed by atoms with E-state index in [4.69, 9.17) is 0 Å². The summed E-state index contributed by atoms with van der Waals surface area (Å²) in [6, 6.07) is 8.50. The van der Waals surface area contributed by atoms with Gasteiger partial charge in [-0.25, -0.2) is 20.0 Å². The highest BCUT2D eigenvalue weighted by atomic mass is 19.4. The number of benzene rings is 2. The smallest absolute Gasteiger partial charge is 0.406 e. The predicted octanol–water partition coefficient (Wildman–Crippen LogP) is 2.16. The molecular weight excluding hydrogens is 337 g/mol. The molecule has 124 valence electrons. The van der Waals surface area contributed by atoms with Crippen molar-refractivity contribution in [1.29, 1.82) is 0 Å². The second-order valence-corrected chi connectivity index (χ2v) is 5.13. The molecule has 0 saturated heterocycles. The maximum absolute atomic E-state index is 12.2. The molecule has 6 nitrogen and oxygen atoms in total. The van der Waals surface area contributed by atoms with Gasteiger partial charge in [0.1, 0.15) is 17.1 Å². The van der Waals surface area contributed by atoms with Crippen LogP contribution in [0.1, 0.15) is 5.56 Å². The zero-order chi connectivity index (χ0) is 17.6. The molecule has 0 aromatic heterocycles. The van der Waals surface area contributed by atoms with E-state index in [1.807, 2.05) is 0 Å². The first-order valence-electron chi connectivity index (χ1n) is 7.02. The first-order chi connectivity index (χ1) is 11.9. The van der Waals surface area contributed by atoms with Gasteiger partial charge in [0.2, 0.25) is 0 Å². The van der Waals surface area contributed by atoms with Gasteiger partial charge in [0.25, 0.3) is 5.91 Å². The van der Waals surface area contributed by atoms with Gasteiger partial charge in [0.05, 0.1) is 16.9 Å². The number of fused-ring (bicyclic) bond motifs is 3. The molecule has 0 aliphatic carbocycles. The zero-order valence-electron chi connectivity index (χ0n) is 12.3. The number of amidine groups is 1. The number of aliphatic imine (C=N–C) groups is 2. The molecule has 2 aromatic carbocycles. The quantitative estimate of drug-likeness (QED) is 0.837. The lowest BCUT2D eigenvalue weighted by molar-refractivity contribution is -0.274. The summed E-state index contributed by atoms with van der Waals surface area (Å²) in [5.41, 5.74) is 1.43. The van der Waals surface area contributed by atoms with Crippen LogP contribution in [0, 0.1) is 0 Å². The summed E-state index contributed by atoms with van der Waals surface area (Å²) in [6.45, 7) is 0. The van der Waals surface area contributed by atoms with Gasteiger partial charge in [-0.05, 0) is 36.4 Å². The molecule has 2 aliphatic heterocycles. The fraction of sp³-hybridized carbons (Fsp3) is 0.0625. The highest BCUT2D eigenvalue weighted by Crippen LogP contribution is 2.27. The predicted molar refractivity (Wildman–Crippen MR) is 81.2 cm³/mol. The molecule has 0 atom stereocenters. The first kappa shape index (κ1) is 15.2. The summed E-state index contributed by atoms with van der Waals surface area (Å²) in [6.07, 6.45) is -3.65. The van der Waals surface area contributed by atoms with Crippen molar-refractivity contribution in [2.75, 3.05) is 0 Å². The summed E-state index contributed by atoms with van der Waals surface area (Å²) in [4.78, 5) is 27.9. The van der Waals surface area contributed by atoms with E-state index >= 15 is 0 Å². The van der Waals surface area contributed by atoms with Crippen LogP contribution in [-0.4, -0.2) is 24.3 Å². The van der Waals surface area contributed by atoms with Crippen molar-refractivity contribution in [3.63, 3.8) is 0 Å². The standard InChI is InChI=1S/C16H7F3N4O2/c17-16(18,19)25-9-3-1-8(2-4-9)15-22-11-6-5-10-13(14(11)23-15)20-7-12(24)21-10/h1-7H. The molecule has 0 saturated carbocycles. The number of carbonyl (C=O) groups excluding carboxylic acids is 1. The minimum absolute atomic E-state index is 0.327. The van der Waals surface area contributed by atoms with Gasteiger partial charge in [-0.2, -0.15) is 0 Å². The number of nitrogens with zero attached hydrogens (tertiary/aromatic N) is 4. The molecule has 4 rings (SSSR count). The van der Waals surface area contributed by atoms with Gasteiger partial charge in [0.15, 0.2) is 5.84 Å². The Morgan fingerprint density at radius 3 is 2.20 bits per heavy atom. The summed E-state index contributed by atoms with van der Waals surface area (Å²) < 4.78 is 40.4. The molecule has 2 heterocycles. The summed E-state index contributed by atoms with van der Waals surface area (Å²) in [5, 5.41) is 0.950. The van der Waals surface area contributed by atoms with Crippen LogP contribution in [0.3, 0.4) is 0 Å². The van der Waals surface area contributed by atoms with Crippen LogP contribution in [0.15, 0.2) is 56.4 Å². The number of halogens is 3. The Labute approximate surface area is 137 Å². The largest absolute Gasteiger partial charge is 0.573 e. The lowest BCUT2D eigenvalue weighted by atomic mass is 10.2. The first-order valence-corrected chi connectivity index (χ1v) is 7.02. The number of hydrogen-bond donors (Lipinski definition) is 0. The van der Waals surface area contributed by atoms with Crippen LogP contribution in [0.5, 0.6) is 5.75 Å². The molecule has 2 aliphatic rings. The van der Waals surface area contributed by atoms with Crippen molar-refractivity contribution < 1.29 is 22.7 Å². The molecule has 0 unspecified atom stereocenters. The van der Waals surface area contributed by atoms with Gasteiger partial charge in [-0.3, -0.25) is 4.79 Å². The van der Waals surface area contributed by atoms with Crippen LogP contribution in [0.25, 0.3) is 0 Å². The van der Waals surface area contributed by atoms with E-state index in [0.29, 0.717) is 33.5 Å². The van der Waals surface area contributed by atoms with Crippen molar-refractivity contribution >= 4 is 29.3 Å². The van der Waals surface area contributed by atoms with Crippen LogP contribution >= 0.6 is 0 Å². The topological polar surface area (TPSA) is 75.7 Å². The average molecular weight is 344 g/mol. The molecule has 2 aromatic rings. The molecule has 1 amide bonds. The molecule has 9 heteroatoms. The van der Waals surface area contributed by atoms with Crippen molar-refractivity contribution in [1.82, 2.24) is 0 Å². The summed E-state index contributed by atoms with van der Waals surface area (Å²) in [7, 11) is 0. The van der Waals surface area contributed by atoms with E-state index < -0.39 is 12.3 Å². The zero-order valence-corrected chi connectivity index (χ0v) is 12.3. The molecule has 0 N–H and O–H groups in total. The maximum Gasteiger partial charge on any atom is 0.573 e. The van der Waals surface area contributed by atoms with Crippen LogP contribution in [0.2, 0.25) is 0 Å². The Morgan fingerprint density at radius 2 is 1.52 bits per heavy atom. The van der Waals surface area contributed by atoms with E-state index in [0.717, 1.165) is 6.21 Å². The number of alkyl halides is 3. The number of rotatable bonds is 2. The monoisotopic (exact) mass is 344 g/mol. The summed E-state index contributed by atoms with van der Waals surface area (Å²) in [5.74, 6) is -0.451. The summed E-state index contributed by atoms with van der Waals surface area (Å²) >= 11 is 0. The van der Waals surface area contributed by atoms with Crippen molar-refractivity contribution in [2.45, 2.75) is 6.36 Å². The highest BCUT2D eigenvalue weighted by molar-refractivity contribution is 6.28. The van der Waals surface area contributed by atoms with Gasteiger partial charge in [0, 0.05) is 5.56 Å². The molecule has 0 fully saturated rings. The average Bonchev–Trinajstić information content (AvgIpc) is 2.98. The number of ether oxygens (including phenoxy) is 1. The Morgan fingerprint density at radius 1 is 0.840 bits per heavy atom. The van der Waals surface area contributed by atoms with Gasteiger partial charge in [-0.1, -0.05) is 0 Å². The van der Waals surface area contributed by atoms with E-state index in [2.05, 4.69) is 24.7 Å². The Kier molecular flexibility index (Phi) is 3.24. The molecule has 0 bridgehead atoms. The molecular formula is C16H7F3N4O2. The number of hydrogen-bond acceptors (Lipinski definition) is 5. The van der Waals surface area contributed by atoms with Gasteiger partial charge >= 0.3 is 6.36 Å². The molecule has 0 spiro atoms. The normalized spacial score (nSPS) is 15.0. The van der Waals surface area contributed by atoms with Crippen LogP contribution in [0.4, 0.5) is 24.5 Å². The Hall–Kier alpha value is -3.36. The Bertz CT molecular complexity index is 1070. The Balaban J connectivity index is 1.70. The van der Waals surface area contributed by atoms with Crippen LogP contribution < -0.4 is 15.5 Å². The fourth-order valence-electron chi connectivity index (χ4n) is 2.42. The third kappa shape index (κ3) is 2.91. The fourth-order valence-corrected chi connectivity index (χ4v) is 2.42. The lowest BCUT2D eigenvalue weighted by Crippen LogP contribution is -2.17. The minimum atomic E-state index is -4.75. The van der Waals surface area contributed by atoms with Crippen LogP contribution in [-0.2, 0) is 4.79 Å². The second-order valence-electron chi connectivity index (χ2n) is 5.13. The molecule has 25 heavy (non-hydrogen) atoms. The van der Waals surface area contributed by atoms with E-state index in [-0.39, 0.29) is 5.75 Å². The van der Waals surface area contributed by atoms with E-state index in [9.17, 15) is 18.0 Å². The maximum atomic E-state index is 12.2. The van der Waals surface area contributed by atoms with E-state index in [1.54, 1.807) is 12.1 Å². The van der Waals surface area contributed by atoms with Crippen molar-refractivity contribution in [3.05, 3.63) is 52.7 Å². The van der Waals surface area contributed by atoms with E-state index in [1.165, 1.54) is 24.3 Å². The van der Waals surface area contributed by atoms with Gasteiger partial charge in [-0.15, -0.1) is 13.2 Å². The number of amides is 1. The second kappa shape index (κ2) is 5.33. The minimum Gasteiger partial charge on any atom is -0.406 e. The van der Waals surface area contributed by atoms with Crippen molar-refractivity contribution in [2.24, 2.45) is 20.0 Å². The van der Waals surface area contributed by atoms with Crippen molar-refractivity contribution in [3.8, 4) is 5.75 Å². The highest BCUT2D eigenvalue weighted by Gasteiger charge is 2.31. The lowest BCUT2D eigenvalue weighted by Gasteiger charge is -2.08. The molecule has 0 radical (unpaired) electrons. The SMILES string of the molecule is O=C1C=Nc2c3c(ccc2=N1)=NC(c1ccc(OC(F)(F)F)cc1)=N3. The third-order valence-electron chi connectivity index (χ3n) is 3.43. The third-order valence-corrected chi connectivity index (χ3v) is 3.43.